The lowest BCUT2D eigenvalue weighted by molar-refractivity contribution is -0.384. The molecule has 0 aliphatic carbocycles. The van der Waals surface area contributed by atoms with Crippen molar-refractivity contribution < 1.29 is 4.92 Å². The number of nitro benzene ring substituents is 1. The molecule has 6 heteroatoms. The van der Waals surface area contributed by atoms with Crippen molar-refractivity contribution in [3.63, 3.8) is 0 Å². The van der Waals surface area contributed by atoms with Crippen molar-refractivity contribution in [1.29, 1.82) is 5.26 Å². The van der Waals surface area contributed by atoms with Crippen LogP contribution in [0.2, 0.25) is 5.02 Å². The maximum Gasteiger partial charge on any atom is 0.294 e. The summed E-state index contributed by atoms with van der Waals surface area (Å²) < 4.78 is 0. The Bertz CT molecular complexity index is 505. The van der Waals surface area contributed by atoms with Crippen LogP contribution < -0.4 is 4.90 Å². The Balaban J connectivity index is 2.24. The van der Waals surface area contributed by atoms with Gasteiger partial charge < -0.3 is 4.90 Å². The molecule has 2 rings (SSSR count). The highest BCUT2D eigenvalue weighted by Gasteiger charge is 2.24. The molecule has 1 fully saturated rings. The number of piperidine rings is 1. The van der Waals surface area contributed by atoms with Crippen LogP contribution in [-0.2, 0) is 0 Å². The van der Waals surface area contributed by atoms with Gasteiger partial charge in [-0.1, -0.05) is 11.6 Å². The van der Waals surface area contributed by atoms with Gasteiger partial charge in [0.1, 0.15) is 5.69 Å². The number of nitrogens with zero attached hydrogens (tertiary/aromatic N) is 3. The second kappa shape index (κ2) is 5.23. The van der Waals surface area contributed by atoms with Crippen molar-refractivity contribution in [3.8, 4) is 6.07 Å². The molecule has 0 atom stereocenters. The van der Waals surface area contributed by atoms with Crippen LogP contribution in [0.1, 0.15) is 12.8 Å². The number of hydrogen-bond acceptors (Lipinski definition) is 4. The Hall–Kier alpha value is -1.80. The third kappa shape index (κ3) is 2.54. The third-order valence-electron chi connectivity index (χ3n) is 3.15. The molecule has 0 spiro atoms. The molecule has 94 valence electrons. The maximum atomic E-state index is 11.0. The number of nitro groups is 1. The van der Waals surface area contributed by atoms with Gasteiger partial charge in [0, 0.05) is 30.1 Å². The normalized spacial score (nSPS) is 16.3. The molecular weight excluding hydrogens is 254 g/mol. The fourth-order valence-corrected chi connectivity index (χ4v) is 2.33. The van der Waals surface area contributed by atoms with Gasteiger partial charge in [-0.25, -0.2) is 0 Å². The highest BCUT2D eigenvalue weighted by Crippen LogP contribution is 2.33. The van der Waals surface area contributed by atoms with E-state index in [1.165, 1.54) is 6.07 Å². The minimum atomic E-state index is -0.419. The molecule has 0 amide bonds. The standard InChI is InChI=1S/C12H12ClN3O2/c13-10-1-2-11(12(7-10)16(17)18)15-5-3-9(8-14)4-6-15/h1-2,7,9H,3-6H2. The van der Waals surface area contributed by atoms with Gasteiger partial charge in [-0.2, -0.15) is 5.26 Å². The van der Waals surface area contributed by atoms with Crippen molar-refractivity contribution in [2.45, 2.75) is 12.8 Å². The van der Waals surface area contributed by atoms with Crippen LogP contribution in [-0.4, -0.2) is 18.0 Å². The number of rotatable bonds is 2. The van der Waals surface area contributed by atoms with Crippen molar-refractivity contribution in [3.05, 3.63) is 33.3 Å². The molecule has 1 heterocycles. The Labute approximate surface area is 110 Å². The van der Waals surface area contributed by atoms with E-state index >= 15 is 0 Å². The van der Waals surface area contributed by atoms with E-state index < -0.39 is 4.92 Å². The summed E-state index contributed by atoms with van der Waals surface area (Å²) in [7, 11) is 0. The summed E-state index contributed by atoms with van der Waals surface area (Å²) in [5.41, 5.74) is 0.610. The second-order valence-corrected chi connectivity index (χ2v) is 4.72. The van der Waals surface area contributed by atoms with Crippen LogP contribution in [0.3, 0.4) is 0 Å². The summed E-state index contributed by atoms with van der Waals surface area (Å²) in [4.78, 5) is 12.5. The molecule has 0 aromatic heterocycles. The summed E-state index contributed by atoms with van der Waals surface area (Å²) in [6, 6.07) is 6.94. The lowest BCUT2D eigenvalue weighted by Gasteiger charge is -2.30. The predicted octanol–water partition coefficient (Wildman–Crippen LogP) is 2.99. The van der Waals surface area contributed by atoms with E-state index in [1.807, 2.05) is 4.90 Å². The fourth-order valence-electron chi connectivity index (χ4n) is 2.16. The summed E-state index contributed by atoms with van der Waals surface area (Å²) in [5.74, 6) is 0.0626. The van der Waals surface area contributed by atoms with Gasteiger partial charge >= 0.3 is 0 Å². The van der Waals surface area contributed by atoms with Crippen molar-refractivity contribution in [1.82, 2.24) is 0 Å². The first kappa shape index (κ1) is 12.7. The Kier molecular flexibility index (Phi) is 3.68. The molecule has 0 radical (unpaired) electrons. The SMILES string of the molecule is N#CC1CCN(c2ccc(Cl)cc2[N+](=O)[O-])CC1. The first-order valence-corrected chi connectivity index (χ1v) is 6.08. The first-order valence-electron chi connectivity index (χ1n) is 5.70. The minimum absolute atomic E-state index is 0.0258. The Morgan fingerprint density at radius 1 is 1.44 bits per heavy atom. The van der Waals surface area contributed by atoms with Crippen LogP contribution in [0.15, 0.2) is 18.2 Å². The van der Waals surface area contributed by atoms with E-state index in [0.717, 1.165) is 12.8 Å². The van der Waals surface area contributed by atoms with Gasteiger partial charge in [0.2, 0.25) is 0 Å². The number of halogens is 1. The molecule has 1 aromatic rings. The van der Waals surface area contributed by atoms with Crippen LogP contribution in [0.25, 0.3) is 0 Å². The highest BCUT2D eigenvalue weighted by atomic mass is 35.5. The summed E-state index contributed by atoms with van der Waals surface area (Å²) >= 11 is 5.78. The summed E-state index contributed by atoms with van der Waals surface area (Å²) in [6.07, 6.45) is 1.49. The van der Waals surface area contributed by atoms with Gasteiger partial charge in [-0.15, -0.1) is 0 Å². The average Bonchev–Trinajstić information content (AvgIpc) is 2.39. The molecule has 0 N–H and O–H groups in total. The topological polar surface area (TPSA) is 70.2 Å². The number of nitriles is 1. The molecule has 1 aliphatic rings. The van der Waals surface area contributed by atoms with E-state index in [4.69, 9.17) is 16.9 Å². The highest BCUT2D eigenvalue weighted by molar-refractivity contribution is 6.30. The molecule has 1 aliphatic heterocycles. The van der Waals surface area contributed by atoms with Gasteiger partial charge in [-0.3, -0.25) is 10.1 Å². The lowest BCUT2D eigenvalue weighted by Crippen LogP contribution is -2.33. The van der Waals surface area contributed by atoms with Gasteiger partial charge in [0.15, 0.2) is 0 Å². The molecular formula is C12H12ClN3O2. The lowest BCUT2D eigenvalue weighted by atomic mass is 9.98. The van der Waals surface area contributed by atoms with Crippen molar-refractivity contribution in [2.75, 3.05) is 18.0 Å². The van der Waals surface area contributed by atoms with E-state index in [2.05, 4.69) is 6.07 Å². The van der Waals surface area contributed by atoms with Gasteiger partial charge in [-0.05, 0) is 25.0 Å². The zero-order valence-electron chi connectivity index (χ0n) is 9.67. The van der Waals surface area contributed by atoms with Gasteiger partial charge in [0.05, 0.1) is 11.0 Å². The molecule has 0 saturated carbocycles. The van der Waals surface area contributed by atoms with Crippen molar-refractivity contribution in [2.24, 2.45) is 5.92 Å². The van der Waals surface area contributed by atoms with E-state index in [9.17, 15) is 10.1 Å². The molecule has 5 nitrogen and oxygen atoms in total. The molecule has 0 unspecified atom stereocenters. The van der Waals surface area contributed by atoms with Crippen LogP contribution in [0.4, 0.5) is 11.4 Å². The fraction of sp³-hybridized carbons (Fsp3) is 0.417. The molecule has 1 saturated heterocycles. The minimum Gasteiger partial charge on any atom is -0.366 e. The predicted molar refractivity (Wildman–Crippen MR) is 68.7 cm³/mol. The Morgan fingerprint density at radius 3 is 2.67 bits per heavy atom. The summed E-state index contributed by atoms with van der Waals surface area (Å²) in [5, 5.41) is 20.2. The summed E-state index contributed by atoms with van der Waals surface area (Å²) in [6.45, 7) is 1.33. The molecule has 1 aromatic carbocycles. The first-order chi connectivity index (χ1) is 8.61. The average molecular weight is 266 g/mol. The van der Waals surface area contributed by atoms with Crippen molar-refractivity contribution >= 4 is 23.0 Å². The zero-order valence-corrected chi connectivity index (χ0v) is 10.4. The maximum absolute atomic E-state index is 11.0. The number of hydrogen-bond donors (Lipinski definition) is 0. The molecule has 0 bridgehead atoms. The molecule has 18 heavy (non-hydrogen) atoms. The second-order valence-electron chi connectivity index (χ2n) is 4.28. The van der Waals surface area contributed by atoms with E-state index in [-0.39, 0.29) is 11.6 Å². The van der Waals surface area contributed by atoms with Crippen LogP contribution >= 0.6 is 11.6 Å². The van der Waals surface area contributed by atoms with Crippen LogP contribution in [0, 0.1) is 27.4 Å². The third-order valence-corrected chi connectivity index (χ3v) is 3.39. The number of anilines is 1. The monoisotopic (exact) mass is 265 g/mol. The smallest absolute Gasteiger partial charge is 0.294 e. The van der Waals surface area contributed by atoms with E-state index in [0.29, 0.717) is 23.8 Å². The quantitative estimate of drug-likeness (QED) is 0.609. The number of benzene rings is 1. The van der Waals surface area contributed by atoms with Crippen LogP contribution in [0.5, 0.6) is 0 Å². The Morgan fingerprint density at radius 2 is 2.11 bits per heavy atom. The largest absolute Gasteiger partial charge is 0.366 e. The zero-order chi connectivity index (χ0) is 13.1. The van der Waals surface area contributed by atoms with Gasteiger partial charge in [0.25, 0.3) is 5.69 Å². The van der Waals surface area contributed by atoms with E-state index in [1.54, 1.807) is 12.1 Å².